The molecule has 1 aliphatic heterocycles. The number of nitrogens with two attached hydrogens (primary N) is 1. The van der Waals surface area contributed by atoms with Gasteiger partial charge in [-0.05, 0) is 22.4 Å². The predicted octanol–water partition coefficient (Wildman–Crippen LogP) is 1.64. The highest BCUT2D eigenvalue weighted by Gasteiger charge is 2.25. The molecule has 1 atom stereocenters. The fourth-order valence-corrected chi connectivity index (χ4v) is 1.92. The smallest absolute Gasteiger partial charge is 0.257 e. The number of hydrogen-bond donors (Lipinski definition) is 1. The van der Waals surface area contributed by atoms with Gasteiger partial charge in [0.25, 0.3) is 5.91 Å². The van der Waals surface area contributed by atoms with Crippen molar-refractivity contribution in [3.8, 4) is 0 Å². The summed E-state index contributed by atoms with van der Waals surface area (Å²) < 4.78 is 5.58. The van der Waals surface area contributed by atoms with E-state index < -0.39 is 0 Å². The Morgan fingerprint density at radius 1 is 1.67 bits per heavy atom. The lowest BCUT2D eigenvalue weighted by Gasteiger charge is -2.13. The number of nitrogens with zero attached hydrogens (tertiary/aromatic N) is 1. The Morgan fingerprint density at radius 3 is 2.87 bits per heavy atom. The maximum atomic E-state index is 11.8. The van der Waals surface area contributed by atoms with Crippen molar-refractivity contribution < 1.29 is 9.21 Å². The highest BCUT2D eigenvalue weighted by Crippen LogP contribution is 2.17. The SMILES string of the molecule is Cl.N[C@@H]1CCN(C(=O)c2coc(Br)c2)C1. The zero-order chi connectivity index (χ0) is 10.1. The van der Waals surface area contributed by atoms with E-state index in [9.17, 15) is 4.79 Å². The van der Waals surface area contributed by atoms with Crippen molar-refractivity contribution in [3.05, 3.63) is 22.6 Å². The lowest BCUT2D eigenvalue weighted by molar-refractivity contribution is 0.0790. The van der Waals surface area contributed by atoms with Gasteiger partial charge in [-0.25, -0.2) is 0 Å². The Bertz CT molecular complexity index is 356. The standard InChI is InChI=1S/C9H11BrN2O2.ClH/c10-8-3-6(5-14-8)9(13)12-2-1-7(11)4-12;/h3,5,7H,1-2,4,11H2;1H/t7-;/m1./s1. The van der Waals surface area contributed by atoms with Crippen molar-refractivity contribution in [3.63, 3.8) is 0 Å². The zero-order valence-electron chi connectivity index (χ0n) is 7.98. The average molecular weight is 296 g/mol. The second-order valence-electron chi connectivity index (χ2n) is 3.44. The summed E-state index contributed by atoms with van der Waals surface area (Å²) >= 11 is 3.16. The van der Waals surface area contributed by atoms with E-state index in [1.54, 1.807) is 11.0 Å². The van der Waals surface area contributed by atoms with E-state index in [1.807, 2.05) is 0 Å². The van der Waals surface area contributed by atoms with E-state index in [2.05, 4.69) is 15.9 Å². The topological polar surface area (TPSA) is 59.5 Å². The molecule has 0 spiro atoms. The van der Waals surface area contributed by atoms with Crippen LogP contribution in [0.5, 0.6) is 0 Å². The number of furan rings is 1. The van der Waals surface area contributed by atoms with Crippen LogP contribution in [0.15, 0.2) is 21.4 Å². The van der Waals surface area contributed by atoms with Gasteiger partial charge in [0, 0.05) is 25.2 Å². The van der Waals surface area contributed by atoms with Crippen LogP contribution in [0.25, 0.3) is 0 Å². The van der Waals surface area contributed by atoms with Crippen molar-refractivity contribution in [1.82, 2.24) is 4.90 Å². The van der Waals surface area contributed by atoms with Crippen LogP contribution < -0.4 is 5.73 Å². The van der Waals surface area contributed by atoms with Crippen molar-refractivity contribution in [1.29, 1.82) is 0 Å². The van der Waals surface area contributed by atoms with E-state index >= 15 is 0 Å². The summed E-state index contributed by atoms with van der Waals surface area (Å²) in [6.07, 6.45) is 2.33. The molecule has 1 aromatic heterocycles. The van der Waals surface area contributed by atoms with Crippen LogP contribution in [0, 0.1) is 0 Å². The summed E-state index contributed by atoms with van der Waals surface area (Å²) in [7, 11) is 0. The molecule has 4 nitrogen and oxygen atoms in total. The molecule has 1 aliphatic rings. The van der Waals surface area contributed by atoms with Crippen LogP contribution in [0.4, 0.5) is 0 Å². The molecule has 2 heterocycles. The Labute approximate surface area is 102 Å². The summed E-state index contributed by atoms with van der Waals surface area (Å²) in [5.74, 6) is -0.00704. The molecule has 6 heteroatoms. The Hall–Kier alpha value is -0.520. The van der Waals surface area contributed by atoms with E-state index in [0.29, 0.717) is 16.8 Å². The van der Waals surface area contributed by atoms with Crippen LogP contribution in [0.1, 0.15) is 16.8 Å². The van der Waals surface area contributed by atoms with Crippen LogP contribution in [-0.2, 0) is 0 Å². The summed E-state index contributed by atoms with van der Waals surface area (Å²) in [5, 5.41) is 0. The highest BCUT2D eigenvalue weighted by molar-refractivity contribution is 9.10. The van der Waals surface area contributed by atoms with Gasteiger partial charge in [0.2, 0.25) is 0 Å². The highest BCUT2D eigenvalue weighted by atomic mass is 79.9. The quantitative estimate of drug-likeness (QED) is 0.857. The van der Waals surface area contributed by atoms with Gasteiger partial charge in [-0.2, -0.15) is 0 Å². The van der Waals surface area contributed by atoms with Crippen molar-refractivity contribution >= 4 is 34.2 Å². The van der Waals surface area contributed by atoms with Gasteiger partial charge in [0.05, 0.1) is 5.56 Å². The average Bonchev–Trinajstić information content (AvgIpc) is 2.73. The predicted molar refractivity (Wildman–Crippen MR) is 62.2 cm³/mol. The van der Waals surface area contributed by atoms with Crippen molar-refractivity contribution in [2.45, 2.75) is 12.5 Å². The number of likely N-dealkylation sites (tertiary alicyclic amines) is 1. The van der Waals surface area contributed by atoms with Crippen LogP contribution >= 0.6 is 28.3 Å². The first-order valence-corrected chi connectivity index (χ1v) is 5.25. The Kier molecular flexibility index (Phi) is 4.19. The largest absolute Gasteiger partial charge is 0.457 e. The third-order valence-corrected chi connectivity index (χ3v) is 2.74. The van der Waals surface area contributed by atoms with Gasteiger partial charge in [-0.3, -0.25) is 4.79 Å². The fraction of sp³-hybridized carbons (Fsp3) is 0.444. The Morgan fingerprint density at radius 2 is 2.40 bits per heavy atom. The minimum atomic E-state index is -0.00704. The molecular weight excluding hydrogens is 283 g/mol. The van der Waals surface area contributed by atoms with E-state index in [0.717, 1.165) is 13.0 Å². The van der Waals surface area contributed by atoms with Gasteiger partial charge >= 0.3 is 0 Å². The second-order valence-corrected chi connectivity index (χ2v) is 4.22. The number of amides is 1. The first-order chi connectivity index (χ1) is 6.66. The Balaban J connectivity index is 0.00000112. The summed E-state index contributed by atoms with van der Waals surface area (Å²) in [6.45, 7) is 1.38. The van der Waals surface area contributed by atoms with Gasteiger partial charge in [0.1, 0.15) is 6.26 Å². The van der Waals surface area contributed by atoms with Crippen molar-refractivity contribution in [2.75, 3.05) is 13.1 Å². The maximum absolute atomic E-state index is 11.8. The molecule has 0 saturated carbocycles. The van der Waals surface area contributed by atoms with Gasteiger partial charge in [0.15, 0.2) is 4.67 Å². The molecule has 1 aromatic rings. The van der Waals surface area contributed by atoms with E-state index in [1.165, 1.54) is 6.26 Å². The minimum Gasteiger partial charge on any atom is -0.457 e. The molecule has 0 radical (unpaired) electrons. The normalized spacial score (nSPS) is 20.1. The lowest BCUT2D eigenvalue weighted by atomic mass is 10.3. The molecule has 84 valence electrons. The molecule has 1 saturated heterocycles. The van der Waals surface area contributed by atoms with Gasteiger partial charge < -0.3 is 15.1 Å². The monoisotopic (exact) mass is 294 g/mol. The number of halogens is 2. The van der Waals surface area contributed by atoms with Gasteiger partial charge in [-0.1, -0.05) is 0 Å². The summed E-state index contributed by atoms with van der Waals surface area (Å²) in [6, 6.07) is 1.79. The molecule has 0 aromatic carbocycles. The molecule has 1 amide bonds. The first-order valence-electron chi connectivity index (χ1n) is 4.45. The maximum Gasteiger partial charge on any atom is 0.257 e. The molecule has 2 rings (SSSR count). The number of rotatable bonds is 1. The third kappa shape index (κ3) is 2.74. The molecular formula is C9H12BrClN2O2. The number of carbonyl (C=O) groups excluding carboxylic acids is 1. The molecule has 0 bridgehead atoms. The van der Waals surface area contributed by atoms with E-state index in [4.69, 9.17) is 10.2 Å². The molecule has 0 aliphatic carbocycles. The van der Waals surface area contributed by atoms with Crippen LogP contribution in [0.2, 0.25) is 0 Å². The van der Waals surface area contributed by atoms with Gasteiger partial charge in [-0.15, -0.1) is 12.4 Å². The summed E-state index contributed by atoms with van der Waals surface area (Å²) in [4.78, 5) is 13.5. The van der Waals surface area contributed by atoms with Crippen LogP contribution in [-0.4, -0.2) is 29.9 Å². The first kappa shape index (κ1) is 12.5. The third-order valence-electron chi connectivity index (χ3n) is 2.33. The second kappa shape index (κ2) is 5.01. The van der Waals surface area contributed by atoms with E-state index in [-0.39, 0.29) is 24.4 Å². The molecule has 1 fully saturated rings. The number of carbonyl (C=O) groups is 1. The zero-order valence-corrected chi connectivity index (χ0v) is 10.4. The minimum absolute atomic E-state index is 0. The summed E-state index contributed by atoms with van der Waals surface area (Å²) in [5.41, 5.74) is 6.29. The van der Waals surface area contributed by atoms with Crippen molar-refractivity contribution in [2.24, 2.45) is 5.73 Å². The lowest BCUT2D eigenvalue weighted by Crippen LogP contribution is -2.31. The molecule has 0 unspecified atom stereocenters. The molecule has 15 heavy (non-hydrogen) atoms. The number of hydrogen-bond acceptors (Lipinski definition) is 3. The molecule has 2 N–H and O–H groups in total. The fourth-order valence-electron chi connectivity index (χ4n) is 1.58. The van der Waals surface area contributed by atoms with Crippen LogP contribution in [0.3, 0.4) is 0 Å².